The van der Waals surface area contributed by atoms with Crippen molar-refractivity contribution in [1.29, 1.82) is 0 Å². The number of hydrogen-bond donors (Lipinski definition) is 2. The lowest BCUT2D eigenvalue weighted by atomic mass is 10.0. The van der Waals surface area contributed by atoms with Crippen LogP contribution >= 0.6 is 0 Å². The second-order valence-corrected chi connectivity index (χ2v) is 9.93. The second-order valence-electron chi connectivity index (χ2n) is 9.93. The van der Waals surface area contributed by atoms with Gasteiger partial charge < -0.3 is 16.0 Å². The van der Waals surface area contributed by atoms with Gasteiger partial charge in [-0.3, -0.25) is 28.6 Å². The van der Waals surface area contributed by atoms with E-state index in [0.717, 1.165) is 18.4 Å². The lowest BCUT2D eigenvalue weighted by Crippen LogP contribution is -2.35. The monoisotopic (exact) mass is 563 g/mol. The Balaban J connectivity index is 0.00000226. The van der Waals surface area contributed by atoms with E-state index in [1.165, 1.54) is 28.6 Å². The number of nitrogens with zero attached hydrogens (tertiary/aromatic N) is 3. The summed E-state index contributed by atoms with van der Waals surface area (Å²) in [5.74, 6) is -1.34. The molecule has 1 aromatic heterocycles. The molecule has 1 fully saturated rings. The highest BCUT2D eigenvalue weighted by Crippen LogP contribution is 2.38. The van der Waals surface area contributed by atoms with Gasteiger partial charge in [0.1, 0.15) is 17.2 Å². The van der Waals surface area contributed by atoms with Crippen LogP contribution in [0, 0.1) is 19.7 Å². The standard InChI is InChI=1S/C29H32FN5O4.C2H6/c1-17-8-12-23(22(30)14-17)32-27-25(29(39)33(3)20-10-11-20)26(18(2)28(38)34(27)4)35(16-36)21-7-5-6-19(15-21)9-13-24(31)37;1-2/h5-8,12,14-16,20,32H,9-11,13H2,1-4H3,(H2,31,37);1-2H3. The SMILES string of the molecule is CC.Cc1ccc(Nc2c(C(=O)N(C)C3CC3)c(N(C=O)c3cccc(CCC(N)=O)c3)c(C)c(=O)n2C)c(F)c1. The van der Waals surface area contributed by atoms with Crippen LogP contribution in [0.5, 0.6) is 0 Å². The number of nitrogens with one attached hydrogen (secondary N) is 1. The first-order chi connectivity index (χ1) is 19.5. The van der Waals surface area contributed by atoms with Gasteiger partial charge in [-0.1, -0.05) is 32.0 Å². The Morgan fingerprint density at radius 1 is 1.15 bits per heavy atom. The zero-order valence-corrected chi connectivity index (χ0v) is 24.5. The molecule has 1 aliphatic carbocycles. The summed E-state index contributed by atoms with van der Waals surface area (Å²) in [4.78, 5) is 54.2. The number of anilines is 4. The Morgan fingerprint density at radius 2 is 1.83 bits per heavy atom. The number of hydrogen-bond acceptors (Lipinski definition) is 5. The average Bonchev–Trinajstić information content (AvgIpc) is 3.81. The maximum Gasteiger partial charge on any atom is 0.259 e. The molecule has 0 spiro atoms. The summed E-state index contributed by atoms with van der Waals surface area (Å²) in [6, 6.07) is 11.5. The Kier molecular flexibility index (Phi) is 10.0. The third-order valence-electron chi connectivity index (χ3n) is 6.99. The van der Waals surface area contributed by atoms with Crippen molar-refractivity contribution in [1.82, 2.24) is 9.47 Å². The van der Waals surface area contributed by atoms with Crippen molar-refractivity contribution in [3.63, 3.8) is 0 Å². The number of amides is 3. The lowest BCUT2D eigenvalue weighted by molar-refractivity contribution is -0.118. The summed E-state index contributed by atoms with van der Waals surface area (Å²) < 4.78 is 16.2. The predicted molar refractivity (Wildman–Crippen MR) is 159 cm³/mol. The van der Waals surface area contributed by atoms with Gasteiger partial charge >= 0.3 is 0 Å². The highest BCUT2D eigenvalue weighted by Gasteiger charge is 2.35. The molecule has 1 heterocycles. The number of aromatic nitrogens is 1. The van der Waals surface area contributed by atoms with Gasteiger partial charge in [0.15, 0.2) is 0 Å². The number of carbonyl (C=O) groups excluding carboxylic acids is 3. The van der Waals surface area contributed by atoms with Crippen LogP contribution in [-0.4, -0.2) is 40.8 Å². The minimum atomic E-state index is -0.548. The van der Waals surface area contributed by atoms with E-state index in [9.17, 15) is 23.6 Å². The van der Waals surface area contributed by atoms with E-state index < -0.39 is 23.2 Å². The first-order valence-corrected chi connectivity index (χ1v) is 13.7. The van der Waals surface area contributed by atoms with Gasteiger partial charge in [-0.05, 0) is 68.5 Å². The van der Waals surface area contributed by atoms with Gasteiger partial charge in [-0.25, -0.2) is 4.39 Å². The van der Waals surface area contributed by atoms with Crippen LogP contribution in [0.4, 0.5) is 27.3 Å². The molecule has 3 amide bonds. The van der Waals surface area contributed by atoms with Gasteiger partial charge in [0.05, 0.1) is 11.4 Å². The van der Waals surface area contributed by atoms with Crippen molar-refractivity contribution in [2.45, 2.75) is 59.4 Å². The van der Waals surface area contributed by atoms with Gasteiger partial charge in [0.2, 0.25) is 12.3 Å². The van der Waals surface area contributed by atoms with Gasteiger partial charge in [-0.15, -0.1) is 0 Å². The molecule has 9 nitrogen and oxygen atoms in total. The summed E-state index contributed by atoms with van der Waals surface area (Å²) in [6.07, 6.45) is 2.72. The van der Waals surface area contributed by atoms with E-state index >= 15 is 0 Å². The number of benzene rings is 2. The molecule has 0 unspecified atom stereocenters. The number of primary amides is 1. The molecule has 0 bridgehead atoms. The van der Waals surface area contributed by atoms with Crippen LogP contribution in [0.3, 0.4) is 0 Å². The molecule has 10 heteroatoms. The molecule has 0 radical (unpaired) electrons. The summed E-state index contributed by atoms with van der Waals surface area (Å²) >= 11 is 0. The number of rotatable bonds is 10. The molecule has 0 atom stereocenters. The molecule has 2 aromatic carbocycles. The summed E-state index contributed by atoms with van der Waals surface area (Å²) in [6.45, 7) is 7.31. The molecule has 218 valence electrons. The van der Waals surface area contributed by atoms with Crippen molar-refractivity contribution >= 4 is 41.1 Å². The van der Waals surface area contributed by atoms with E-state index in [2.05, 4.69) is 5.32 Å². The van der Waals surface area contributed by atoms with Crippen molar-refractivity contribution in [3.05, 3.63) is 80.9 Å². The Labute approximate surface area is 239 Å². The van der Waals surface area contributed by atoms with Gasteiger partial charge in [0.25, 0.3) is 11.5 Å². The summed E-state index contributed by atoms with van der Waals surface area (Å²) in [7, 11) is 3.17. The second kappa shape index (κ2) is 13.3. The summed E-state index contributed by atoms with van der Waals surface area (Å²) in [5.41, 5.74) is 7.14. The Morgan fingerprint density at radius 3 is 2.41 bits per heavy atom. The first-order valence-electron chi connectivity index (χ1n) is 13.7. The molecule has 1 aliphatic rings. The highest BCUT2D eigenvalue weighted by molar-refractivity contribution is 6.09. The van der Waals surface area contributed by atoms with Crippen molar-refractivity contribution in [2.24, 2.45) is 12.8 Å². The fourth-order valence-corrected chi connectivity index (χ4v) is 4.60. The van der Waals surface area contributed by atoms with Crippen molar-refractivity contribution in [3.8, 4) is 0 Å². The molecule has 0 aliphatic heterocycles. The maximum absolute atomic E-state index is 14.9. The normalized spacial score (nSPS) is 12.2. The number of halogens is 1. The smallest absolute Gasteiger partial charge is 0.259 e. The molecular formula is C31H38FN5O4. The van der Waals surface area contributed by atoms with Crippen molar-refractivity contribution in [2.75, 3.05) is 17.3 Å². The summed E-state index contributed by atoms with van der Waals surface area (Å²) in [5, 5.41) is 2.96. The highest BCUT2D eigenvalue weighted by atomic mass is 19.1. The van der Waals surface area contributed by atoms with Crippen LogP contribution in [0.1, 0.15) is 60.2 Å². The zero-order valence-electron chi connectivity index (χ0n) is 24.5. The van der Waals surface area contributed by atoms with Crippen LogP contribution in [0.2, 0.25) is 0 Å². The van der Waals surface area contributed by atoms with Crippen molar-refractivity contribution < 1.29 is 18.8 Å². The molecule has 1 saturated carbocycles. The largest absolute Gasteiger partial charge is 0.370 e. The molecule has 0 saturated heterocycles. The number of nitrogens with two attached hydrogens (primary N) is 1. The van der Waals surface area contributed by atoms with Crippen LogP contribution in [0.25, 0.3) is 0 Å². The van der Waals surface area contributed by atoms with Gasteiger partial charge in [0, 0.05) is 37.8 Å². The first kappa shape index (κ1) is 31.1. The lowest BCUT2D eigenvalue weighted by Gasteiger charge is -2.28. The minimum absolute atomic E-state index is 0.0358. The molecular weight excluding hydrogens is 525 g/mol. The third kappa shape index (κ3) is 6.82. The number of aryl methyl sites for hydroxylation is 2. The average molecular weight is 564 g/mol. The molecule has 4 rings (SSSR count). The van der Waals surface area contributed by atoms with E-state index in [-0.39, 0.29) is 40.8 Å². The molecule has 3 aromatic rings. The molecule has 3 N–H and O–H groups in total. The van der Waals surface area contributed by atoms with E-state index in [0.29, 0.717) is 24.1 Å². The fourth-order valence-electron chi connectivity index (χ4n) is 4.60. The minimum Gasteiger partial charge on any atom is -0.370 e. The van der Waals surface area contributed by atoms with Gasteiger partial charge in [-0.2, -0.15) is 0 Å². The number of pyridine rings is 1. The zero-order chi connectivity index (χ0) is 30.4. The maximum atomic E-state index is 14.9. The Hall–Kier alpha value is -4.47. The van der Waals surface area contributed by atoms with Crippen LogP contribution in [0.15, 0.2) is 47.3 Å². The third-order valence-corrected chi connectivity index (χ3v) is 6.99. The number of carbonyl (C=O) groups is 3. The fraction of sp³-hybridized carbons (Fsp3) is 0.355. The van der Waals surface area contributed by atoms with E-state index in [4.69, 9.17) is 5.73 Å². The quantitative estimate of drug-likeness (QED) is 0.342. The van der Waals surface area contributed by atoms with E-state index in [1.54, 1.807) is 56.1 Å². The predicted octanol–water partition coefficient (Wildman–Crippen LogP) is 4.86. The Bertz CT molecular complexity index is 1510. The van der Waals surface area contributed by atoms with Crippen LogP contribution < -0.4 is 21.5 Å². The van der Waals surface area contributed by atoms with E-state index in [1.807, 2.05) is 13.8 Å². The van der Waals surface area contributed by atoms with Crippen LogP contribution in [-0.2, 0) is 23.1 Å². The molecule has 41 heavy (non-hydrogen) atoms. The topological polar surface area (TPSA) is 118 Å².